The summed E-state index contributed by atoms with van der Waals surface area (Å²) in [7, 11) is 1.21. The number of hydrogen-bond acceptors (Lipinski definition) is 7. The molecule has 0 spiro atoms. The molecule has 156 valence electrons. The number of aromatic nitrogens is 3. The number of fused-ring (bicyclic) bond motifs is 1. The van der Waals surface area contributed by atoms with E-state index in [-0.39, 0.29) is 32.5 Å². The van der Waals surface area contributed by atoms with E-state index in [1.807, 2.05) is 0 Å². The fourth-order valence-electron chi connectivity index (χ4n) is 2.62. The monoisotopic (exact) mass is 450 g/mol. The summed E-state index contributed by atoms with van der Waals surface area (Å²) in [4.78, 5) is 47.9. The van der Waals surface area contributed by atoms with Crippen molar-refractivity contribution in [3.8, 4) is 0 Å². The molecular weight excluding hydrogens is 435 g/mol. The number of nitrogens with one attached hydrogen (secondary N) is 2. The maximum Gasteiger partial charge on any atom is 0.338 e. The number of ether oxygens (including phenoxy) is 1. The molecule has 0 saturated heterocycles. The zero-order chi connectivity index (χ0) is 22.0. The lowest BCUT2D eigenvalue weighted by atomic mass is 10.1. The normalized spacial score (nSPS) is 11.9. The predicted octanol–water partition coefficient (Wildman–Crippen LogP) is 3.32. The van der Waals surface area contributed by atoms with Gasteiger partial charge in [-0.1, -0.05) is 23.4 Å². The minimum atomic E-state index is -0.731. The van der Waals surface area contributed by atoms with Gasteiger partial charge < -0.3 is 15.0 Å². The minimum Gasteiger partial charge on any atom is -0.465 e. The summed E-state index contributed by atoms with van der Waals surface area (Å²) in [5.74, 6) is -1.85. The van der Waals surface area contributed by atoms with E-state index in [9.17, 15) is 18.8 Å². The molecule has 0 saturated carbocycles. The number of aryl methyl sites for hydroxylation is 1. The van der Waals surface area contributed by atoms with Crippen molar-refractivity contribution in [1.82, 2.24) is 15.0 Å². The summed E-state index contributed by atoms with van der Waals surface area (Å²) >= 11 is 6.65. The number of H-pyrrole nitrogens is 1. The van der Waals surface area contributed by atoms with Crippen LogP contribution in [-0.4, -0.2) is 39.2 Å². The molecule has 1 aromatic carbocycles. The van der Waals surface area contributed by atoms with Crippen LogP contribution in [0.3, 0.4) is 0 Å². The van der Waals surface area contributed by atoms with E-state index in [0.29, 0.717) is 5.69 Å². The third-order valence-corrected chi connectivity index (χ3v) is 5.25. The highest BCUT2D eigenvalue weighted by molar-refractivity contribution is 8.00. The highest BCUT2D eigenvalue weighted by Crippen LogP contribution is 2.24. The zero-order valence-electron chi connectivity index (χ0n) is 16.1. The molecular formula is C19H16ClFN4O4S. The Labute approximate surface area is 179 Å². The van der Waals surface area contributed by atoms with Crippen LogP contribution >= 0.6 is 23.4 Å². The second-order valence-corrected chi connectivity index (χ2v) is 8.01. The van der Waals surface area contributed by atoms with E-state index in [2.05, 4.69) is 20.3 Å². The van der Waals surface area contributed by atoms with Crippen LogP contribution in [0, 0.1) is 12.7 Å². The SMILES string of the molecule is COC(=O)c1cc(C)nc2nc(SC(C)C(=O)Nc3ccc(Cl)cc3F)[nH]c(=O)c12. The first kappa shape index (κ1) is 21.7. The third-order valence-electron chi connectivity index (χ3n) is 4.04. The van der Waals surface area contributed by atoms with Crippen LogP contribution in [-0.2, 0) is 9.53 Å². The quantitative estimate of drug-likeness (QED) is 0.348. The van der Waals surface area contributed by atoms with Gasteiger partial charge in [-0.05, 0) is 38.1 Å². The predicted molar refractivity (Wildman–Crippen MR) is 112 cm³/mol. The Morgan fingerprint density at radius 1 is 1.30 bits per heavy atom. The number of pyridine rings is 1. The fourth-order valence-corrected chi connectivity index (χ4v) is 3.57. The van der Waals surface area contributed by atoms with Crippen LogP contribution in [0.25, 0.3) is 11.0 Å². The molecule has 3 rings (SSSR count). The van der Waals surface area contributed by atoms with Gasteiger partial charge in [0.15, 0.2) is 10.8 Å². The standard InChI is InChI=1S/C19H16ClFN4O4S/c1-8-6-11(18(28)29-3)14-15(22-8)24-19(25-17(14)27)30-9(2)16(26)23-13-5-4-10(20)7-12(13)21/h4-7,9H,1-3H3,(H,23,26)(H,22,24,25,27). The summed E-state index contributed by atoms with van der Waals surface area (Å²) < 4.78 is 18.6. The number of nitrogens with zero attached hydrogens (tertiary/aromatic N) is 2. The van der Waals surface area contributed by atoms with E-state index in [1.54, 1.807) is 13.8 Å². The molecule has 11 heteroatoms. The maximum absolute atomic E-state index is 13.9. The van der Waals surface area contributed by atoms with Crippen molar-refractivity contribution in [3.63, 3.8) is 0 Å². The van der Waals surface area contributed by atoms with Gasteiger partial charge in [0.2, 0.25) is 5.91 Å². The Kier molecular flexibility index (Phi) is 6.37. The van der Waals surface area contributed by atoms with Gasteiger partial charge >= 0.3 is 5.97 Å². The van der Waals surface area contributed by atoms with Crippen LogP contribution in [0.2, 0.25) is 5.02 Å². The topological polar surface area (TPSA) is 114 Å². The van der Waals surface area contributed by atoms with Gasteiger partial charge in [-0.3, -0.25) is 9.59 Å². The molecule has 1 atom stereocenters. The number of thioether (sulfide) groups is 1. The van der Waals surface area contributed by atoms with Crippen molar-refractivity contribution in [1.29, 1.82) is 0 Å². The van der Waals surface area contributed by atoms with Gasteiger partial charge in [0, 0.05) is 10.7 Å². The molecule has 0 aliphatic heterocycles. The van der Waals surface area contributed by atoms with E-state index < -0.39 is 28.5 Å². The molecule has 8 nitrogen and oxygen atoms in total. The van der Waals surface area contributed by atoms with Gasteiger partial charge in [0.1, 0.15) is 5.82 Å². The van der Waals surface area contributed by atoms with Crippen LogP contribution < -0.4 is 10.9 Å². The van der Waals surface area contributed by atoms with E-state index in [4.69, 9.17) is 16.3 Å². The van der Waals surface area contributed by atoms with Gasteiger partial charge in [-0.2, -0.15) is 0 Å². The highest BCUT2D eigenvalue weighted by Gasteiger charge is 2.21. The van der Waals surface area contributed by atoms with E-state index in [1.165, 1.54) is 25.3 Å². The van der Waals surface area contributed by atoms with Crippen molar-refractivity contribution in [2.45, 2.75) is 24.3 Å². The molecule has 0 bridgehead atoms. The number of carbonyl (C=O) groups is 2. The Hall–Kier alpha value is -2.98. The van der Waals surface area contributed by atoms with Crippen molar-refractivity contribution in [2.75, 3.05) is 12.4 Å². The number of hydrogen-bond donors (Lipinski definition) is 2. The summed E-state index contributed by atoms with van der Waals surface area (Å²) in [6.45, 7) is 3.22. The third kappa shape index (κ3) is 4.60. The van der Waals surface area contributed by atoms with Crippen LogP contribution in [0.1, 0.15) is 23.0 Å². The number of anilines is 1. The minimum absolute atomic E-state index is 0.00265. The molecule has 3 aromatic rings. The molecule has 1 amide bonds. The van der Waals surface area contributed by atoms with Gasteiger partial charge in [-0.25, -0.2) is 19.2 Å². The number of methoxy groups -OCH3 is 1. The smallest absolute Gasteiger partial charge is 0.338 e. The summed E-state index contributed by atoms with van der Waals surface area (Å²) in [5.41, 5.74) is -0.0307. The molecule has 1 unspecified atom stereocenters. The molecule has 2 N–H and O–H groups in total. The molecule has 30 heavy (non-hydrogen) atoms. The first-order chi connectivity index (χ1) is 14.2. The lowest BCUT2D eigenvalue weighted by Gasteiger charge is -2.12. The largest absolute Gasteiger partial charge is 0.465 e. The van der Waals surface area contributed by atoms with Gasteiger partial charge in [0.05, 0.1) is 29.0 Å². The highest BCUT2D eigenvalue weighted by atomic mass is 35.5. The molecule has 2 aromatic heterocycles. The zero-order valence-corrected chi connectivity index (χ0v) is 17.7. The Balaban J connectivity index is 1.87. The molecule has 0 fully saturated rings. The summed E-state index contributed by atoms with van der Waals surface area (Å²) in [6.07, 6.45) is 0. The molecule has 0 aliphatic carbocycles. The number of esters is 1. The molecule has 2 heterocycles. The lowest BCUT2D eigenvalue weighted by Crippen LogP contribution is -2.24. The molecule has 0 radical (unpaired) electrons. The van der Waals surface area contributed by atoms with Crippen LogP contribution in [0.15, 0.2) is 34.2 Å². The fraction of sp³-hybridized carbons (Fsp3) is 0.211. The van der Waals surface area contributed by atoms with Crippen molar-refractivity contribution in [2.24, 2.45) is 0 Å². The van der Waals surface area contributed by atoms with E-state index >= 15 is 0 Å². The van der Waals surface area contributed by atoms with E-state index in [0.717, 1.165) is 17.8 Å². The summed E-state index contributed by atoms with van der Waals surface area (Å²) in [6, 6.07) is 5.33. The second kappa shape index (κ2) is 8.80. The number of benzene rings is 1. The average molecular weight is 451 g/mol. The van der Waals surface area contributed by atoms with Crippen LogP contribution in [0.5, 0.6) is 0 Å². The first-order valence-corrected chi connectivity index (χ1v) is 9.88. The first-order valence-electron chi connectivity index (χ1n) is 8.62. The number of rotatable bonds is 5. The number of amides is 1. The lowest BCUT2D eigenvalue weighted by molar-refractivity contribution is -0.115. The Morgan fingerprint density at radius 2 is 2.03 bits per heavy atom. The van der Waals surface area contributed by atoms with Crippen molar-refractivity contribution in [3.05, 3.63) is 56.7 Å². The number of aromatic amines is 1. The maximum atomic E-state index is 13.9. The Morgan fingerprint density at radius 3 is 2.70 bits per heavy atom. The average Bonchev–Trinajstić information content (AvgIpc) is 2.68. The van der Waals surface area contributed by atoms with Crippen LogP contribution in [0.4, 0.5) is 10.1 Å². The van der Waals surface area contributed by atoms with Crippen molar-refractivity contribution >= 4 is 52.0 Å². The van der Waals surface area contributed by atoms with Gasteiger partial charge in [0.25, 0.3) is 5.56 Å². The van der Waals surface area contributed by atoms with Crippen molar-refractivity contribution < 1.29 is 18.7 Å². The number of halogens is 2. The molecule has 0 aliphatic rings. The Bertz CT molecular complexity index is 1220. The van der Waals surface area contributed by atoms with Gasteiger partial charge in [-0.15, -0.1) is 0 Å². The summed E-state index contributed by atoms with van der Waals surface area (Å²) in [5, 5.41) is 2.06. The number of carbonyl (C=O) groups excluding carboxylic acids is 2. The second-order valence-electron chi connectivity index (χ2n) is 6.25.